The average molecular weight is 514 g/mol. The topological polar surface area (TPSA) is 81.1 Å². The van der Waals surface area contributed by atoms with Gasteiger partial charge in [0.2, 0.25) is 0 Å². The second-order valence-electron chi connectivity index (χ2n) is 7.81. The molecule has 0 fully saturated rings. The molecule has 0 saturated heterocycles. The maximum Gasteiger partial charge on any atom is 0.264 e. The molecule has 0 unspecified atom stereocenters. The fourth-order valence-electron chi connectivity index (χ4n) is 3.28. The van der Waals surface area contributed by atoms with Gasteiger partial charge in [-0.1, -0.05) is 40.9 Å². The summed E-state index contributed by atoms with van der Waals surface area (Å²) in [5.41, 5.74) is 5.49. The van der Waals surface area contributed by atoms with E-state index in [4.69, 9.17) is 40.2 Å². The zero-order valence-corrected chi connectivity index (χ0v) is 21.0. The van der Waals surface area contributed by atoms with Gasteiger partial charge in [-0.05, 0) is 80.5 Å². The summed E-state index contributed by atoms with van der Waals surface area (Å²) in [5.74, 6) is 0.142. The maximum atomic E-state index is 12.3. The molecule has 0 radical (unpaired) electrons. The van der Waals surface area contributed by atoms with Gasteiger partial charge in [0.15, 0.2) is 11.7 Å². The molecule has 34 heavy (non-hydrogen) atoms. The minimum absolute atomic E-state index is 0.0873. The number of carbonyl (C=O) groups is 1. The molecule has 0 atom stereocenters. The molecule has 0 aliphatic heterocycles. The Morgan fingerprint density at radius 1 is 1.00 bits per heavy atom. The summed E-state index contributed by atoms with van der Waals surface area (Å²) in [6.07, 6.45) is 0. The number of benzene rings is 3. The van der Waals surface area contributed by atoms with Gasteiger partial charge < -0.3 is 10.1 Å². The van der Waals surface area contributed by atoms with E-state index in [2.05, 4.69) is 20.8 Å². The van der Waals surface area contributed by atoms with Gasteiger partial charge >= 0.3 is 0 Å². The van der Waals surface area contributed by atoms with Crippen molar-refractivity contribution in [2.24, 2.45) is 0 Å². The van der Waals surface area contributed by atoms with Crippen LogP contribution in [0.4, 0.5) is 5.69 Å². The Labute approximate surface area is 212 Å². The van der Waals surface area contributed by atoms with Gasteiger partial charge in [0.25, 0.3) is 5.91 Å². The van der Waals surface area contributed by atoms with E-state index in [0.717, 1.165) is 22.4 Å². The summed E-state index contributed by atoms with van der Waals surface area (Å²) < 4.78 is 5.56. The van der Waals surface area contributed by atoms with Crippen molar-refractivity contribution in [3.8, 4) is 11.4 Å². The lowest BCUT2D eigenvalue weighted by Crippen LogP contribution is -2.37. The largest absolute Gasteiger partial charge is 0.484 e. The number of rotatable bonds is 5. The van der Waals surface area contributed by atoms with E-state index < -0.39 is 5.91 Å². The van der Waals surface area contributed by atoms with Crippen molar-refractivity contribution in [3.05, 3.63) is 75.3 Å². The van der Waals surface area contributed by atoms with Crippen LogP contribution in [0.5, 0.6) is 5.75 Å². The number of aromatic nitrogens is 3. The van der Waals surface area contributed by atoms with Crippen molar-refractivity contribution in [3.63, 3.8) is 0 Å². The minimum Gasteiger partial charge on any atom is -0.484 e. The van der Waals surface area contributed by atoms with Crippen LogP contribution in [0.2, 0.25) is 10.0 Å². The van der Waals surface area contributed by atoms with Gasteiger partial charge in [-0.25, -0.2) is 0 Å². The summed E-state index contributed by atoms with van der Waals surface area (Å²) in [6, 6.07) is 14.8. The third-order valence-electron chi connectivity index (χ3n) is 5.02. The number of carbonyl (C=O) groups excluding carboxylic acids is 1. The zero-order valence-electron chi connectivity index (χ0n) is 18.6. The molecule has 174 valence electrons. The van der Waals surface area contributed by atoms with Gasteiger partial charge in [-0.15, -0.1) is 10.2 Å². The van der Waals surface area contributed by atoms with Gasteiger partial charge in [0, 0.05) is 5.02 Å². The predicted molar refractivity (Wildman–Crippen MR) is 139 cm³/mol. The first-order valence-electron chi connectivity index (χ1n) is 10.3. The van der Waals surface area contributed by atoms with Crippen molar-refractivity contribution in [2.45, 2.75) is 20.8 Å². The molecule has 0 spiro atoms. The van der Waals surface area contributed by atoms with Crippen LogP contribution in [-0.4, -0.2) is 32.6 Å². The van der Waals surface area contributed by atoms with E-state index in [0.29, 0.717) is 32.5 Å². The fourth-order valence-corrected chi connectivity index (χ4v) is 3.82. The van der Waals surface area contributed by atoms with Crippen molar-refractivity contribution < 1.29 is 9.53 Å². The van der Waals surface area contributed by atoms with Gasteiger partial charge in [0.1, 0.15) is 16.8 Å². The summed E-state index contributed by atoms with van der Waals surface area (Å²) in [7, 11) is 0. The molecule has 4 rings (SSSR count). The SMILES string of the molecule is Cc1ccc(-n2nc3cc(Cl)c(NC(=S)NC(=O)COc4cc(C)c(Cl)c(C)c4)cc3n2)cc1. The summed E-state index contributed by atoms with van der Waals surface area (Å²) >= 11 is 17.8. The Kier molecular flexibility index (Phi) is 7.02. The van der Waals surface area contributed by atoms with E-state index >= 15 is 0 Å². The van der Waals surface area contributed by atoms with Gasteiger partial charge in [-0.3, -0.25) is 10.1 Å². The normalized spacial score (nSPS) is 10.9. The molecule has 0 saturated carbocycles. The smallest absolute Gasteiger partial charge is 0.264 e. The van der Waals surface area contributed by atoms with E-state index in [1.165, 1.54) is 0 Å². The number of halogens is 2. The highest BCUT2D eigenvalue weighted by molar-refractivity contribution is 7.80. The first kappa shape index (κ1) is 23.9. The number of ether oxygens (including phenoxy) is 1. The molecule has 10 heteroatoms. The molecular weight excluding hydrogens is 493 g/mol. The lowest BCUT2D eigenvalue weighted by Gasteiger charge is -2.12. The summed E-state index contributed by atoms with van der Waals surface area (Å²) in [4.78, 5) is 13.8. The number of amides is 1. The standard InChI is InChI=1S/C24H21Cl2N5O2S/c1-13-4-6-16(7-5-13)31-29-20-10-18(25)19(11-21(20)30-31)27-24(34)28-22(32)12-33-17-8-14(2)23(26)15(3)9-17/h4-11H,12H2,1-3H3,(H2,27,28,32,34). The van der Waals surface area contributed by atoms with E-state index in [1.807, 2.05) is 45.0 Å². The van der Waals surface area contributed by atoms with E-state index in [1.54, 1.807) is 29.1 Å². The van der Waals surface area contributed by atoms with Crippen LogP contribution < -0.4 is 15.4 Å². The highest BCUT2D eigenvalue weighted by Crippen LogP contribution is 2.27. The van der Waals surface area contributed by atoms with Crippen LogP contribution in [-0.2, 0) is 4.79 Å². The number of anilines is 1. The third-order valence-corrected chi connectivity index (χ3v) is 6.13. The number of hydrogen-bond acceptors (Lipinski definition) is 5. The summed E-state index contributed by atoms with van der Waals surface area (Å²) in [5, 5.41) is 15.7. The van der Waals surface area contributed by atoms with Crippen molar-refractivity contribution >= 4 is 63.2 Å². The molecule has 0 aliphatic rings. The van der Waals surface area contributed by atoms with Crippen LogP contribution in [0, 0.1) is 20.8 Å². The van der Waals surface area contributed by atoms with Crippen molar-refractivity contribution in [1.82, 2.24) is 20.3 Å². The maximum absolute atomic E-state index is 12.3. The molecule has 1 amide bonds. The van der Waals surface area contributed by atoms with Gasteiger partial charge in [-0.2, -0.15) is 4.80 Å². The molecule has 0 bridgehead atoms. The lowest BCUT2D eigenvalue weighted by atomic mass is 10.1. The molecule has 4 aromatic rings. The zero-order chi connectivity index (χ0) is 24.4. The molecular formula is C24H21Cl2N5O2S. The Hall–Kier alpha value is -3.20. The van der Waals surface area contributed by atoms with E-state index in [-0.39, 0.29) is 11.7 Å². The number of thiocarbonyl (C=S) groups is 1. The van der Waals surface area contributed by atoms with Crippen LogP contribution >= 0.6 is 35.4 Å². The Balaban J connectivity index is 1.40. The van der Waals surface area contributed by atoms with Gasteiger partial charge in [0.05, 0.1) is 16.4 Å². The Morgan fingerprint density at radius 2 is 1.62 bits per heavy atom. The number of aryl methyl sites for hydroxylation is 3. The van der Waals surface area contributed by atoms with Crippen LogP contribution in [0.15, 0.2) is 48.5 Å². The lowest BCUT2D eigenvalue weighted by molar-refractivity contribution is -0.121. The molecule has 0 aliphatic carbocycles. The molecule has 3 aromatic carbocycles. The highest BCUT2D eigenvalue weighted by Gasteiger charge is 2.13. The van der Waals surface area contributed by atoms with Crippen LogP contribution in [0.25, 0.3) is 16.7 Å². The fraction of sp³-hybridized carbons (Fsp3) is 0.167. The molecule has 2 N–H and O–H groups in total. The number of nitrogens with zero attached hydrogens (tertiary/aromatic N) is 3. The number of fused-ring (bicyclic) bond motifs is 1. The average Bonchev–Trinajstić information content (AvgIpc) is 3.19. The number of nitrogens with one attached hydrogen (secondary N) is 2. The quantitative estimate of drug-likeness (QED) is 0.340. The van der Waals surface area contributed by atoms with Crippen molar-refractivity contribution in [2.75, 3.05) is 11.9 Å². The second-order valence-corrected chi connectivity index (χ2v) is 9.00. The monoisotopic (exact) mass is 513 g/mol. The minimum atomic E-state index is -0.412. The molecule has 1 heterocycles. The van der Waals surface area contributed by atoms with Crippen molar-refractivity contribution in [1.29, 1.82) is 0 Å². The van der Waals surface area contributed by atoms with Crippen LogP contribution in [0.3, 0.4) is 0 Å². The second kappa shape index (κ2) is 9.97. The predicted octanol–water partition coefficient (Wildman–Crippen LogP) is 5.54. The first-order valence-corrected chi connectivity index (χ1v) is 11.5. The molecule has 7 nitrogen and oxygen atoms in total. The first-order chi connectivity index (χ1) is 16.2. The van der Waals surface area contributed by atoms with E-state index in [9.17, 15) is 4.79 Å². The number of hydrogen-bond donors (Lipinski definition) is 2. The van der Waals surface area contributed by atoms with Crippen LogP contribution in [0.1, 0.15) is 16.7 Å². The Bertz CT molecular complexity index is 1380. The molecule has 1 aromatic heterocycles. The Morgan fingerprint density at radius 3 is 2.26 bits per heavy atom. The highest BCUT2D eigenvalue weighted by atomic mass is 35.5. The summed E-state index contributed by atoms with van der Waals surface area (Å²) in [6.45, 7) is 5.56. The third kappa shape index (κ3) is 5.47.